The maximum absolute atomic E-state index is 11.4. The van der Waals surface area contributed by atoms with Crippen LogP contribution in [0.15, 0.2) is 0 Å². The predicted octanol–water partition coefficient (Wildman–Crippen LogP) is -0.413. The zero-order valence-corrected chi connectivity index (χ0v) is 8.88. The maximum Gasteiger partial charge on any atom is 0.318 e. The second kappa shape index (κ2) is 3.12. The second-order valence-corrected chi connectivity index (χ2v) is 6.05. The lowest BCUT2D eigenvalue weighted by atomic mass is 10.2. The molecule has 2 amide bonds. The lowest BCUT2D eigenvalue weighted by Gasteiger charge is -2.19. The van der Waals surface area contributed by atoms with E-state index in [0.717, 1.165) is 6.42 Å². The molecule has 0 aliphatic carbocycles. The number of rotatable bonds is 2. The van der Waals surface area contributed by atoms with Crippen LogP contribution in [0.2, 0.25) is 0 Å². The Kier molecular flexibility index (Phi) is 2.17. The molecule has 2 heterocycles. The van der Waals surface area contributed by atoms with E-state index >= 15 is 0 Å². The Hall–Kier alpha value is -0.780. The van der Waals surface area contributed by atoms with Crippen molar-refractivity contribution in [2.75, 3.05) is 18.1 Å². The third-order valence-corrected chi connectivity index (χ3v) is 4.47. The summed E-state index contributed by atoms with van der Waals surface area (Å²) in [6.07, 6.45) is 0.858. The van der Waals surface area contributed by atoms with Crippen LogP contribution in [-0.4, -0.2) is 49.5 Å². The highest BCUT2D eigenvalue weighted by Crippen LogP contribution is 2.23. The SMILES string of the molecule is CCCN1C(=O)N[C@@H]2CS(=O)(=O)C[C@@H]21. The Bertz CT molecular complexity index is 352. The van der Waals surface area contributed by atoms with E-state index in [0.29, 0.717) is 6.54 Å². The van der Waals surface area contributed by atoms with Gasteiger partial charge in [0.2, 0.25) is 0 Å². The van der Waals surface area contributed by atoms with Gasteiger partial charge in [-0.25, -0.2) is 13.2 Å². The third-order valence-electron chi connectivity index (χ3n) is 2.76. The summed E-state index contributed by atoms with van der Waals surface area (Å²) in [7, 11) is -2.94. The van der Waals surface area contributed by atoms with Gasteiger partial charge in [-0.2, -0.15) is 0 Å². The van der Waals surface area contributed by atoms with Gasteiger partial charge in [-0.3, -0.25) is 0 Å². The minimum atomic E-state index is -2.94. The molecule has 1 N–H and O–H groups in total. The highest BCUT2D eigenvalue weighted by molar-refractivity contribution is 7.91. The van der Waals surface area contributed by atoms with Crippen LogP contribution in [0, 0.1) is 0 Å². The average molecular weight is 218 g/mol. The van der Waals surface area contributed by atoms with Crippen molar-refractivity contribution in [3.05, 3.63) is 0 Å². The Morgan fingerprint density at radius 3 is 2.86 bits per heavy atom. The molecule has 0 saturated carbocycles. The minimum Gasteiger partial charge on any atom is -0.332 e. The maximum atomic E-state index is 11.4. The van der Waals surface area contributed by atoms with E-state index in [1.807, 2.05) is 6.92 Å². The van der Waals surface area contributed by atoms with Crippen LogP contribution in [0.1, 0.15) is 13.3 Å². The van der Waals surface area contributed by atoms with Gasteiger partial charge in [-0.1, -0.05) is 6.92 Å². The number of carbonyl (C=O) groups is 1. The first-order chi connectivity index (χ1) is 6.53. The monoisotopic (exact) mass is 218 g/mol. The van der Waals surface area contributed by atoms with E-state index in [9.17, 15) is 13.2 Å². The van der Waals surface area contributed by atoms with Crippen LogP contribution in [0.3, 0.4) is 0 Å². The van der Waals surface area contributed by atoms with E-state index in [4.69, 9.17) is 0 Å². The number of nitrogens with zero attached hydrogens (tertiary/aromatic N) is 1. The van der Waals surface area contributed by atoms with Gasteiger partial charge >= 0.3 is 6.03 Å². The number of hydrogen-bond donors (Lipinski definition) is 1. The average Bonchev–Trinajstić information content (AvgIpc) is 2.47. The number of carbonyl (C=O) groups excluding carboxylic acids is 1. The molecule has 6 heteroatoms. The van der Waals surface area contributed by atoms with Gasteiger partial charge in [0.1, 0.15) is 0 Å². The molecule has 0 spiro atoms. The Morgan fingerprint density at radius 2 is 2.21 bits per heavy atom. The van der Waals surface area contributed by atoms with E-state index in [1.165, 1.54) is 0 Å². The molecule has 2 atom stereocenters. The Morgan fingerprint density at radius 1 is 1.50 bits per heavy atom. The minimum absolute atomic E-state index is 0.101. The summed E-state index contributed by atoms with van der Waals surface area (Å²) in [4.78, 5) is 13.1. The fourth-order valence-electron chi connectivity index (χ4n) is 2.17. The molecule has 2 saturated heterocycles. The molecular weight excluding hydrogens is 204 g/mol. The molecule has 80 valence electrons. The molecule has 14 heavy (non-hydrogen) atoms. The highest BCUT2D eigenvalue weighted by atomic mass is 32.2. The van der Waals surface area contributed by atoms with Crippen molar-refractivity contribution < 1.29 is 13.2 Å². The zero-order chi connectivity index (χ0) is 10.3. The number of nitrogens with one attached hydrogen (secondary N) is 1. The Labute approximate surface area is 83.4 Å². The van der Waals surface area contributed by atoms with Gasteiger partial charge in [0.25, 0.3) is 0 Å². The fourth-order valence-corrected chi connectivity index (χ4v) is 4.10. The molecule has 2 aliphatic rings. The molecule has 0 bridgehead atoms. The smallest absolute Gasteiger partial charge is 0.318 e. The summed E-state index contributed by atoms with van der Waals surface area (Å²) >= 11 is 0. The van der Waals surface area contributed by atoms with Crippen LogP contribution in [-0.2, 0) is 9.84 Å². The molecule has 0 aromatic heterocycles. The zero-order valence-electron chi connectivity index (χ0n) is 8.06. The third kappa shape index (κ3) is 1.47. The van der Waals surface area contributed by atoms with E-state index in [2.05, 4.69) is 5.32 Å². The van der Waals surface area contributed by atoms with Crippen molar-refractivity contribution in [1.29, 1.82) is 0 Å². The van der Waals surface area contributed by atoms with Gasteiger partial charge in [0, 0.05) is 6.54 Å². The summed E-state index contributed by atoms with van der Waals surface area (Å²) in [6, 6.07) is -0.428. The lowest BCUT2D eigenvalue weighted by molar-refractivity contribution is 0.207. The van der Waals surface area contributed by atoms with Crippen molar-refractivity contribution in [1.82, 2.24) is 10.2 Å². The number of sulfone groups is 1. The molecule has 5 nitrogen and oxygen atoms in total. The molecular formula is C8H14N2O3S. The van der Waals surface area contributed by atoms with Crippen molar-refractivity contribution in [2.45, 2.75) is 25.4 Å². The molecule has 0 unspecified atom stereocenters. The second-order valence-electron chi connectivity index (χ2n) is 3.89. The van der Waals surface area contributed by atoms with Crippen LogP contribution in [0.25, 0.3) is 0 Å². The van der Waals surface area contributed by atoms with E-state index < -0.39 is 9.84 Å². The number of fused-ring (bicyclic) bond motifs is 1. The van der Waals surface area contributed by atoms with Gasteiger partial charge in [0.15, 0.2) is 9.84 Å². The van der Waals surface area contributed by atoms with E-state index in [-0.39, 0.29) is 29.6 Å². The normalized spacial score (nSPS) is 34.4. The summed E-state index contributed by atoms with van der Waals surface area (Å²) in [5, 5.41) is 2.71. The number of hydrogen-bond acceptors (Lipinski definition) is 3. The van der Waals surface area contributed by atoms with Crippen molar-refractivity contribution in [3.63, 3.8) is 0 Å². The molecule has 0 aromatic carbocycles. The summed E-state index contributed by atoms with van der Waals surface area (Å²) in [6.45, 7) is 2.62. The first-order valence-electron chi connectivity index (χ1n) is 4.81. The number of urea groups is 1. The number of amides is 2. The molecule has 2 aliphatic heterocycles. The van der Waals surface area contributed by atoms with Crippen LogP contribution >= 0.6 is 0 Å². The lowest BCUT2D eigenvalue weighted by Crippen LogP contribution is -2.37. The van der Waals surface area contributed by atoms with Crippen molar-refractivity contribution in [3.8, 4) is 0 Å². The quantitative estimate of drug-likeness (QED) is 0.641. The first kappa shape index (κ1) is 9.76. The highest BCUT2D eigenvalue weighted by Gasteiger charge is 2.48. The standard InChI is InChI=1S/C8H14N2O3S/c1-2-3-10-7-5-14(12,13)4-6(7)9-8(10)11/h6-7H,2-5H2,1H3,(H,9,11)/t6-,7+/m1/s1. The largest absolute Gasteiger partial charge is 0.332 e. The predicted molar refractivity (Wildman–Crippen MR) is 51.8 cm³/mol. The molecule has 0 aromatic rings. The topological polar surface area (TPSA) is 66.5 Å². The first-order valence-corrected chi connectivity index (χ1v) is 6.63. The van der Waals surface area contributed by atoms with Crippen LogP contribution in [0.5, 0.6) is 0 Å². The summed E-state index contributed by atoms with van der Waals surface area (Å²) in [5.41, 5.74) is 0. The summed E-state index contributed by atoms with van der Waals surface area (Å²) in [5.74, 6) is 0.222. The van der Waals surface area contributed by atoms with Crippen LogP contribution in [0.4, 0.5) is 4.79 Å². The van der Waals surface area contributed by atoms with Crippen molar-refractivity contribution >= 4 is 15.9 Å². The van der Waals surface area contributed by atoms with Gasteiger partial charge in [-0.15, -0.1) is 0 Å². The summed E-state index contributed by atoms with van der Waals surface area (Å²) < 4.78 is 22.6. The van der Waals surface area contributed by atoms with Gasteiger partial charge in [0.05, 0.1) is 23.6 Å². The molecule has 2 fully saturated rings. The van der Waals surface area contributed by atoms with Gasteiger partial charge in [-0.05, 0) is 6.42 Å². The van der Waals surface area contributed by atoms with Gasteiger partial charge < -0.3 is 10.2 Å². The molecule has 0 radical (unpaired) electrons. The Balaban J connectivity index is 2.17. The van der Waals surface area contributed by atoms with E-state index in [1.54, 1.807) is 4.90 Å². The molecule has 2 rings (SSSR count). The fraction of sp³-hybridized carbons (Fsp3) is 0.875. The van der Waals surface area contributed by atoms with Crippen LogP contribution < -0.4 is 5.32 Å². The van der Waals surface area contributed by atoms with Crippen molar-refractivity contribution in [2.24, 2.45) is 0 Å².